The van der Waals surface area contributed by atoms with Crippen LogP contribution in [0.3, 0.4) is 0 Å². The molecule has 1 rings (SSSR count). The van der Waals surface area contributed by atoms with E-state index in [9.17, 15) is 0 Å². The lowest BCUT2D eigenvalue weighted by molar-refractivity contribution is 0.194. The normalized spacial score (nSPS) is 10.3. The van der Waals surface area contributed by atoms with E-state index in [1.165, 1.54) is 0 Å². The number of hydrogen-bond acceptors (Lipinski definition) is 5. The van der Waals surface area contributed by atoms with Crippen LogP contribution in [0.1, 0.15) is 12.8 Å². The van der Waals surface area contributed by atoms with E-state index in [4.69, 9.17) is 27.9 Å². The zero-order chi connectivity index (χ0) is 11.1. The summed E-state index contributed by atoms with van der Waals surface area (Å²) in [5, 5.41) is 10.5. The highest BCUT2D eigenvalue weighted by Crippen LogP contribution is 2.16. The van der Waals surface area contributed by atoms with Gasteiger partial charge in [-0.2, -0.15) is 4.98 Å². The summed E-state index contributed by atoms with van der Waals surface area (Å²) in [6.07, 6.45) is 1.94. The fraction of sp³-hybridized carbons (Fsp3) is 0.625. The number of anilines is 1. The Morgan fingerprint density at radius 3 is 2.80 bits per heavy atom. The molecule has 0 saturated carbocycles. The molecule has 0 aliphatic carbocycles. The zero-order valence-electron chi connectivity index (χ0n) is 8.33. The van der Waals surface area contributed by atoms with Crippen molar-refractivity contribution in [2.45, 2.75) is 12.8 Å². The van der Waals surface area contributed by atoms with Gasteiger partial charge in [0.05, 0.1) is 0 Å². The SMILES string of the molecule is COCCCCNc1nc(Cl)nnc1Cl. The van der Waals surface area contributed by atoms with Gasteiger partial charge in [-0.15, -0.1) is 10.2 Å². The summed E-state index contributed by atoms with van der Waals surface area (Å²) >= 11 is 11.3. The van der Waals surface area contributed by atoms with Gasteiger partial charge in [-0.25, -0.2) is 0 Å². The second-order valence-electron chi connectivity index (χ2n) is 2.85. The maximum atomic E-state index is 5.75. The van der Waals surface area contributed by atoms with E-state index in [0.29, 0.717) is 5.82 Å². The first-order valence-corrected chi connectivity index (χ1v) is 5.28. The Bertz CT molecular complexity index is 311. The van der Waals surface area contributed by atoms with Gasteiger partial charge in [0.2, 0.25) is 5.28 Å². The Kier molecular flexibility index (Phi) is 5.60. The van der Waals surface area contributed by atoms with Crippen LogP contribution in [0.15, 0.2) is 0 Å². The predicted octanol–water partition coefficient (Wildman–Crippen LogP) is 2.02. The standard InChI is InChI=1S/C8H12Cl2N4O/c1-15-5-3-2-4-11-7-6(9)13-14-8(10)12-7/h2-5H2,1H3,(H,11,12,14). The molecule has 0 amide bonds. The monoisotopic (exact) mass is 250 g/mol. The molecule has 1 N–H and O–H groups in total. The number of nitrogens with zero attached hydrogens (tertiary/aromatic N) is 3. The van der Waals surface area contributed by atoms with Crippen LogP contribution in [0.2, 0.25) is 10.4 Å². The van der Waals surface area contributed by atoms with E-state index in [1.807, 2.05) is 0 Å². The molecule has 1 aromatic heterocycles. The molecule has 0 fully saturated rings. The highest BCUT2D eigenvalue weighted by atomic mass is 35.5. The maximum absolute atomic E-state index is 5.75. The molecule has 0 spiro atoms. The van der Waals surface area contributed by atoms with Gasteiger partial charge in [-0.05, 0) is 24.4 Å². The van der Waals surface area contributed by atoms with Crippen molar-refractivity contribution in [2.24, 2.45) is 0 Å². The minimum absolute atomic E-state index is 0.0822. The molecule has 0 aliphatic rings. The number of ether oxygens (including phenoxy) is 1. The molecular weight excluding hydrogens is 239 g/mol. The molecule has 0 aromatic carbocycles. The smallest absolute Gasteiger partial charge is 0.245 e. The van der Waals surface area contributed by atoms with Gasteiger partial charge in [0.1, 0.15) is 0 Å². The molecule has 5 nitrogen and oxygen atoms in total. The van der Waals surface area contributed by atoms with Crippen LogP contribution in [-0.4, -0.2) is 35.4 Å². The predicted molar refractivity (Wildman–Crippen MR) is 59.4 cm³/mol. The lowest BCUT2D eigenvalue weighted by atomic mass is 10.3. The average molecular weight is 251 g/mol. The maximum Gasteiger partial charge on any atom is 0.245 e. The molecular formula is C8H12Cl2N4O. The summed E-state index contributed by atoms with van der Waals surface area (Å²) in [6, 6.07) is 0. The third-order valence-electron chi connectivity index (χ3n) is 1.69. The molecule has 84 valence electrons. The third kappa shape index (κ3) is 4.59. The summed E-state index contributed by atoms with van der Waals surface area (Å²) in [4.78, 5) is 3.91. The summed E-state index contributed by atoms with van der Waals surface area (Å²) in [5.41, 5.74) is 0. The number of rotatable bonds is 6. The number of unbranched alkanes of at least 4 members (excludes halogenated alkanes) is 1. The Balaban J connectivity index is 2.33. The van der Waals surface area contributed by atoms with Crippen molar-refractivity contribution >= 4 is 29.0 Å². The van der Waals surface area contributed by atoms with Gasteiger partial charge in [-0.3, -0.25) is 0 Å². The average Bonchev–Trinajstić information content (AvgIpc) is 2.23. The number of hydrogen-bond donors (Lipinski definition) is 1. The Morgan fingerprint density at radius 1 is 1.27 bits per heavy atom. The Labute approximate surface area is 98.2 Å². The molecule has 1 heterocycles. The topological polar surface area (TPSA) is 59.9 Å². The van der Waals surface area contributed by atoms with Crippen LogP contribution in [0.25, 0.3) is 0 Å². The minimum Gasteiger partial charge on any atom is -0.385 e. The first-order chi connectivity index (χ1) is 7.24. The molecule has 15 heavy (non-hydrogen) atoms. The van der Waals surface area contributed by atoms with Gasteiger partial charge in [-0.1, -0.05) is 11.6 Å². The van der Waals surface area contributed by atoms with Gasteiger partial charge < -0.3 is 10.1 Å². The molecule has 0 aliphatic heterocycles. The van der Waals surface area contributed by atoms with Gasteiger partial charge >= 0.3 is 0 Å². The van der Waals surface area contributed by atoms with E-state index in [2.05, 4.69) is 20.5 Å². The van der Waals surface area contributed by atoms with Crippen molar-refractivity contribution in [3.63, 3.8) is 0 Å². The highest BCUT2D eigenvalue weighted by Gasteiger charge is 2.04. The van der Waals surface area contributed by atoms with E-state index < -0.39 is 0 Å². The van der Waals surface area contributed by atoms with Crippen molar-refractivity contribution in [3.8, 4) is 0 Å². The van der Waals surface area contributed by atoms with Crippen molar-refractivity contribution in [3.05, 3.63) is 10.4 Å². The van der Waals surface area contributed by atoms with Crippen molar-refractivity contribution in [2.75, 3.05) is 25.6 Å². The van der Waals surface area contributed by atoms with Crippen LogP contribution in [-0.2, 0) is 4.74 Å². The molecule has 7 heteroatoms. The number of halogens is 2. The van der Waals surface area contributed by atoms with Crippen LogP contribution in [0, 0.1) is 0 Å². The van der Waals surface area contributed by atoms with Crippen LogP contribution >= 0.6 is 23.2 Å². The Morgan fingerprint density at radius 2 is 2.07 bits per heavy atom. The zero-order valence-corrected chi connectivity index (χ0v) is 9.85. The fourth-order valence-corrected chi connectivity index (χ4v) is 1.25. The molecule has 0 atom stereocenters. The molecule has 0 saturated heterocycles. The largest absolute Gasteiger partial charge is 0.385 e. The van der Waals surface area contributed by atoms with E-state index in [-0.39, 0.29) is 10.4 Å². The van der Waals surface area contributed by atoms with E-state index in [0.717, 1.165) is 26.0 Å². The van der Waals surface area contributed by atoms with E-state index >= 15 is 0 Å². The summed E-state index contributed by atoms with van der Waals surface area (Å²) in [5.74, 6) is 0.467. The summed E-state index contributed by atoms with van der Waals surface area (Å²) in [7, 11) is 1.68. The summed E-state index contributed by atoms with van der Waals surface area (Å²) < 4.78 is 4.92. The first-order valence-electron chi connectivity index (χ1n) is 4.52. The second-order valence-corrected chi connectivity index (χ2v) is 3.54. The lowest BCUT2D eigenvalue weighted by Gasteiger charge is -2.05. The van der Waals surface area contributed by atoms with Crippen LogP contribution in [0.5, 0.6) is 0 Å². The number of nitrogens with one attached hydrogen (secondary N) is 1. The van der Waals surface area contributed by atoms with Crippen molar-refractivity contribution < 1.29 is 4.74 Å². The minimum atomic E-state index is 0.0822. The van der Waals surface area contributed by atoms with Crippen LogP contribution in [0.4, 0.5) is 5.82 Å². The van der Waals surface area contributed by atoms with E-state index in [1.54, 1.807) is 7.11 Å². The first kappa shape index (κ1) is 12.4. The molecule has 0 radical (unpaired) electrons. The number of aromatic nitrogens is 3. The van der Waals surface area contributed by atoms with Gasteiger partial charge in [0, 0.05) is 20.3 Å². The van der Waals surface area contributed by atoms with Crippen LogP contribution < -0.4 is 5.32 Å². The molecule has 0 unspecified atom stereocenters. The quantitative estimate of drug-likeness (QED) is 0.783. The lowest BCUT2D eigenvalue weighted by Crippen LogP contribution is -2.06. The third-order valence-corrected chi connectivity index (χ3v) is 2.10. The van der Waals surface area contributed by atoms with Gasteiger partial charge in [0.15, 0.2) is 11.0 Å². The second kappa shape index (κ2) is 6.76. The van der Waals surface area contributed by atoms with Crippen molar-refractivity contribution in [1.29, 1.82) is 0 Å². The molecule has 1 aromatic rings. The number of methoxy groups -OCH3 is 1. The fourth-order valence-electron chi connectivity index (χ4n) is 0.984. The Hall–Kier alpha value is -0.650. The molecule has 0 bridgehead atoms. The van der Waals surface area contributed by atoms with Gasteiger partial charge in [0.25, 0.3) is 0 Å². The highest BCUT2D eigenvalue weighted by molar-refractivity contribution is 6.32. The van der Waals surface area contributed by atoms with Crippen molar-refractivity contribution in [1.82, 2.24) is 15.2 Å². The summed E-state index contributed by atoms with van der Waals surface area (Å²) in [6.45, 7) is 1.50.